The number of hydrogen-bond acceptors (Lipinski definition) is 5. The third-order valence-corrected chi connectivity index (χ3v) is 3.35. The van der Waals surface area contributed by atoms with Gasteiger partial charge in [0.25, 0.3) is 0 Å². The molecule has 0 saturated carbocycles. The predicted octanol–water partition coefficient (Wildman–Crippen LogP) is -1.25. The Morgan fingerprint density at radius 3 is 2.58 bits per heavy atom. The van der Waals surface area contributed by atoms with Gasteiger partial charge in [0.15, 0.2) is 11.5 Å². The zero-order valence-electron chi connectivity index (χ0n) is 14.5. The van der Waals surface area contributed by atoms with Gasteiger partial charge in [-0.2, -0.15) is 0 Å². The first-order valence-corrected chi connectivity index (χ1v) is 7.97. The Kier molecular flexibility index (Phi) is 8.64. The van der Waals surface area contributed by atoms with Crippen LogP contribution in [0.15, 0.2) is 18.2 Å². The Labute approximate surface area is 142 Å². The van der Waals surface area contributed by atoms with Gasteiger partial charge in [-0.3, -0.25) is 4.79 Å². The Morgan fingerprint density at radius 1 is 1.21 bits per heavy atom. The normalized spacial score (nSPS) is 10.5. The van der Waals surface area contributed by atoms with Crippen LogP contribution in [-0.4, -0.2) is 46.2 Å². The number of ether oxygens (including phenoxy) is 2. The van der Waals surface area contributed by atoms with Crippen molar-refractivity contribution >= 4 is 11.9 Å². The summed E-state index contributed by atoms with van der Waals surface area (Å²) in [5.41, 5.74) is 0.846. The van der Waals surface area contributed by atoms with Crippen molar-refractivity contribution in [1.29, 1.82) is 0 Å². The van der Waals surface area contributed by atoms with Gasteiger partial charge in [0.1, 0.15) is 0 Å². The molecule has 0 saturated heterocycles. The number of nitrogens with one attached hydrogen (secondary N) is 2. The molecule has 0 aliphatic rings. The van der Waals surface area contributed by atoms with Crippen LogP contribution in [0.2, 0.25) is 0 Å². The molecule has 0 aromatic heterocycles. The van der Waals surface area contributed by atoms with Crippen molar-refractivity contribution in [3.05, 3.63) is 23.8 Å². The minimum absolute atomic E-state index is 0.0888. The van der Waals surface area contributed by atoms with E-state index < -0.39 is 5.97 Å². The summed E-state index contributed by atoms with van der Waals surface area (Å²) in [6, 6.07) is 5.45. The topological polar surface area (TPSA) is 92.1 Å². The van der Waals surface area contributed by atoms with Gasteiger partial charge in [-0.25, -0.2) is 0 Å². The SMILES string of the molecule is COc1cc(CNC(=O)CCC(=O)[O-])ccc1OCCC[NH+](C)C. The molecule has 2 N–H and O–H groups in total. The number of carbonyl (C=O) groups excluding carboxylic acids is 2. The van der Waals surface area contributed by atoms with Crippen LogP contribution in [0.4, 0.5) is 0 Å². The maximum absolute atomic E-state index is 11.5. The molecule has 7 heteroatoms. The quantitative estimate of drug-likeness (QED) is 0.492. The number of carboxylic acid groups (broad SMARTS) is 1. The van der Waals surface area contributed by atoms with Crippen LogP contribution in [0.3, 0.4) is 0 Å². The van der Waals surface area contributed by atoms with Crippen molar-refractivity contribution in [1.82, 2.24) is 5.32 Å². The molecule has 0 aliphatic carbocycles. The Morgan fingerprint density at radius 2 is 1.96 bits per heavy atom. The minimum atomic E-state index is -1.23. The zero-order valence-corrected chi connectivity index (χ0v) is 14.5. The van der Waals surface area contributed by atoms with Crippen LogP contribution in [-0.2, 0) is 16.1 Å². The predicted molar refractivity (Wildman–Crippen MR) is 86.9 cm³/mol. The third-order valence-electron chi connectivity index (χ3n) is 3.35. The second-order valence-electron chi connectivity index (χ2n) is 5.79. The number of benzene rings is 1. The number of aliphatic carboxylic acids is 1. The Balaban J connectivity index is 2.50. The second-order valence-corrected chi connectivity index (χ2v) is 5.79. The first kappa shape index (κ1) is 19.8. The van der Waals surface area contributed by atoms with E-state index >= 15 is 0 Å². The Hall–Kier alpha value is -2.28. The van der Waals surface area contributed by atoms with Crippen molar-refractivity contribution < 1.29 is 29.1 Å². The van der Waals surface area contributed by atoms with Crippen LogP contribution in [0.1, 0.15) is 24.8 Å². The summed E-state index contributed by atoms with van der Waals surface area (Å²) in [7, 11) is 5.75. The molecule has 0 heterocycles. The molecule has 134 valence electrons. The van der Waals surface area contributed by atoms with Crippen molar-refractivity contribution in [2.24, 2.45) is 0 Å². The monoisotopic (exact) mass is 338 g/mol. The highest BCUT2D eigenvalue weighted by Gasteiger charge is 2.08. The standard InChI is InChI=1S/C17H26N2O5/c1-19(2)9-4-10-24-14-6-5-13(11-15(14)23-3)12-18-16(20)7-8-17(21)22/h5-6,11H,4,7-10,12H2,1-3H3,(H,18,20)(H,21,22). The molecule has 0 bridgehead atoms. The number of carbonyl (C=O) groups is 2. The highest BCUT2D eigenvalue weighted by molar-refractivity contribution is 5.79. The summed E-state index contributed by atoms with van der Waals surface area (Å²) in [5, 5.41) is 13.0. The zero-order chi connectivity index (χ0) is 17.9. The summed E-state index contributed by atoms with van der Waals surface area (Å²) in [5.74, 6) is -0.291. The van der Waals surface area contributed by atoms with E-state index in [4.69, 9.17) is 9.47 Å². The molecule has 0 radical (unpaired) electrons. The van der Waals surface area contributed by atoms with E-state index in [1.807, 2.05) is 12.1 Å². The molecule has 1 aromatic rings. The van der Waals surface area contributed by atoms with Crippen LogP contribution >= 0.6 is 0 Å². The molecule has 0 aliphatic heterocycles. The average molecular weight is 338 g/mol. The lowest BCUT2D eigenvalue weighted by Gasteiger charge is -2.13. The number of methoxy groups -OCH3 is 1. The van der Waals surface area contributed by atoms with E-state index in [9.17, 15) is 14.7 Å². The highest BCUT2D eigenvalue weighted by Crippen LogP contribution is 2.28. The maximum atomic E-state index is 11.5. The number of carboxylic acids is 1. The lowest BCUT2D eigenvalue weighted by Crippen LogP contribution is -3.05. The fourth-order valence-electron chi connectivity index (χ4n) is 2.05. The Bertz CT molecular complexity index is 546. The third kappa shape index (κ3) is 7.82. The lowest BCUT2D eigenvalue weighted by molar-refractivity contribution is -0.858. The first-order valence-electron chi connectivity index (χ1n) is 7.97. The second kappa shape index (κ2) is 10.5. The van der Waals surface area contributed by atoms with Gasteiger partial charge in [0, 0.05) is 25.4 Å². The molecule has 1 rings (SSSR count). The fourth-order valence-corrected chi connectivity index (χ4v) is 2.05. The molecule has 0 atom stereocenters. The minimum Gasteiger partial charge on any atom is -0.550 e. The van der Waals surface area contributed by atoms with Crippen LogP contribution in [0.5, 0.6) is 11.5 Å². The molecule has 7 nitrogen and oxygen atoms in total. The van der Waals surface area contributed by atoms with E-state index in [0.717, 1.165) is 18.5 Å². The molecular formula is C17H26N2O5. The summed E-state index contributed by atoms with van der Waals surface area (Å²) < 4.78 is 11.0. The lowest BCUT2D eigenvalue weighted by atomic mass is 10.2. The molecule has 0 spiro atoms. The molecule has 0 unspecified atom stereocenters. The molecular weight excluding hydrogens is 312 g/mol. The van der Waals surface area contributed by atoms with E-state index in [2.05, 4.69) is 19.4 Å². The van der Waals surface area contributed by atoms with Crippen LogP contribution in [0.25, 0.3) is 0 Å². The summed E-state index contributed by atoms with van der Waals surface area (Å²) in [6.07, 6.45) is 0.576. The smallest absolute Gasteiger partial charge is 0.220 e. The number of amides is 1. The van der Waals surface area contributed by atoms with E-state index in [1.165, 1.54) is 4.90 Å². The number of rotatable bonds is 11. The van der Waals surface area contributed by atoms with Gasteiger partial charge in [0.2, 0.25) is 5.91 Å². The maximum Gasteiger partial charge on any atom is 0.220 e. The van der Waals surface area contributed by atoms with Gasteiger partial charge in [-0.1, -0.05) is 6.07 Å². The first-order chi connectivity index (χ1) is 11.4. The van der Waals surface area contributed by atoms with E-state index in [-0.39, 0.29) is 18.7 Å². The van der Waals surface area contributed by atoms with Gasteiger partial charge >= 0.3 is 0 Å². The number of quaternary nitrogens is 1. The van der Waals surface area contributed by atoms with Crippen molar-refractivity contribution in [3.63, 3.8) is 0 Å². The van der Waals surface area contributed by atoms with Crippen molar-refractivity contribution in [2.75, 3.05) is 34.4 Å². The summed E-state index contributed by atoms with van der Waals surface area (Å²) in [4.78, 5) is 23.2. The van der Waals surface area contributed by atoms with Gasteiger partial charge in [0.05, 0.1) is 34.4 Å². The van der Waals surface area contributed by atoms with Crippen LogP contribution < -0.4 is 24.8 Å². The highest BCUT2D eigenvalue weighted by atomic mass is 16.5. The van der Waals surface area contributed by atoms with Crippen molar-refractivity contribution in [2.45, 2.75) is 25.8 Å². The summed E-state index contributed by atoms with van der Waals surface area (Å²) in [6.45, 7) is 1.94. The number of hydrogen-bond donors (Lipinski definition) is 2. The van der Waals surface area contributed by atoms with Gasteiger partial charge < -0.3 is 29.6 Å². The fraction of sp³-hybridized carbons (Fsp3) is 0.529. The molecule has 1 amide bonds. The summed E-state index contributed by atoms with van der Waals surface area (Å²) >= 11 is 0. The molecule has 24 heavy (non-hydrogen) atoms. The van der Waals surface area contributed by atoms with Crippen LogP contribution in [0, 0.1) is 0 Å². The van der Waals surface area contributed by atoms with Crippen molar-refractivity contribution in [3.8, 4) is 11.5 Å². The van der Waals surface area contributed by atoms with Gasteiger partial charge in [-0.05, 0) is 24.1 Å². The average Bonchev–Trinajstić information content (AvgIpc) is 2.55. The van der Waals surface area contributed by atoms with E-state index in [1.54, 1.807) is 13.2 Å². The molecule has 0 fully saturated rings. The van der Waals surface area contributed by atoms with Gasteiger partial charge in [-0.15, -0.1) is 0 Å². The molecule has 1 aromatic carbocycles. The largest absolute Gasteiger partial charge is 0.550 e. The van der Waals surface area contributed by atoms with E-state index in [0.29, 0.717) is 24.7 Å².